The molecular weight excluding hydrogens is 707 g/mol. The fraction of sp³-hybridized carbons (Fsp3) is 0.293. The first kappa shape index (κ1) is 37.0. The summed E-state index contributed by atoms with van der Waals surface area (Å²) in [5, 5.41) is 21.2. The van der Waals surface area contributed by atoms with Gasteiger partial charge in [0.1, 0.15) is 19.0 Å². The summed E-state index contributed by atoms with van der Waals surface area (Å²) in [6.45, 7) is 2.20. The van der Waals surface area contributed by atoms with Crippen LogP contribution < -0.4 is 5.32 Å². The second-order valence-electron chi connectivity index (χ2n) is 13.4. The Balaban J connectivity index is 1.05. The molecule has 2 N–H and O–H groups in total. The zero-order chi connectivity index (χ0) is 37.6. The molecular formula is C41H41N5O7S. The number of thioether (sulfide) groups is 1. The molecule has 278 valence electrons. The molecule has 5 aromatic rings. The molecule has 0 aliphatic carbocycles. The molecule has 12 nitrogen and oxygen atoms in total. The molecule has 0 saturated carbocycles. The number of aryl methyl sites for hydroxylation is 1. The van der Waals surface area contributed by atoms with Gasteiger partial charge in [0, 0.05) is 24.3 Å². The molecule has 0 spiro atoms. The lowest BCUT2D eigenvalue weighted by Crippen LogP contribution is -2.41. The van der Waals surface area contributed by atoms with Crippen molar-refractivity contribution in [2.24, 2.45) is 13.0 Å². The average molecular weight is 748 g/mol. The molecule has 0 radical (unpaired) electrons. The van der Waals surface area contributed by atoms with E-state index in [9.17, 15) is 19.5 Å². The van der Waals surface area contributed by atoms with Gasteiger partial charge in [0.15, 0.2) is 11.4 Å². The number of imide groups is 1. The predicted octanol–water partition coefficient (Wildman–Crippen LogP) is 6.11. The van der Waals surface area contributed by atoms with E-state index in [0.29, 0.717) is 5.75 Å². The van der Waals surface area contributed by atoms with Gasteiger partial charge >= 0.3 is 6.09 Å². The van der Waals surface area contributed by atoms with E-state index in [1.165, 1.54) is 4.90 Å². The number of aliphatic hydroxyl groups excluding tert-OH is 1. The second-order valence-corrected chi connectivity index (χ2v) is 14.4. The SMILES string of the molecule is C[C@@H]1[C@H](CSc2nncn2C)O[C@H](c2ccc(-c3ccccc3CN3C(=O)CC(NC(=O)OCc4ccccc4)C3=O)cc2)O[C@@H]1c1ccc(CO)cc1. The maximum Gasteiger partial charge on any atom is 0.408 e. The van der Waals surface area contributed by atoms with Crippen molar-refractivity contribution < 1.29 is 33.7 Å². The summed E-state index contributed by atoms with van der Waals surface area (Å²) in [5.74, 6) is -0.190. The lowest BCUT2D eigenvalue weighted by atomic mass is 9.91. The highest BCUT2D eigenvalue weighted by molar-refractivity contribution is 7.99. The lowest BCUT2D eigenvalue weighted by Gasteiger charge is -2.41. The van der Waals surface area contributed by atoms with Crippen LogP contribution in [0.2, 0.25) is 0 Å². The quantitative estimate of drug-likeness (QED) is 0.113. The number of amides is 3. The van der Waals surface area contributed by atoms with Gasteiger partial charge in [0.25, 0.3) is 5.91 Å². The van der Waals surface area contributed by atoms with E-state index in [2.05, 4.69) is 22.4 Å². The number of rotatable bonds is 12. The Bertz CT molecular complexity index is 2080. The van der Waals surface area contributed by atoms with E-state index in [4.69, 9.17) is 14.2 Å². The molecule has 2 saturated heterocycles. The van der Waals surface area contributed by atoms with E-state index in [1.807, 2.05) is 115 Å². The molecule has 13 heteroatoms. The Labute approximate surface area is 317 Å². The molecule has 0 bridgehead atoms. The molecule has 7 rings (SSSR count). The molecule has 3 amide bonds. The van der Waals surface area contributed by atoms with E-state index < -0.39 is 24.3 Å². The van der Waals surface area contributed by atoms with E-state index >= 15 is 0 Å². The number of hydrogen-bond donors (Lipinski definition) is 2. The smallest absolute Gasteiger partial charge is 0.408 e. The van der Waals surface area contributed by atoms with E-state index in [0.717, 1.165) is 44.1 Å². The Hall–Kier alpha value is -5.34. The number of aromatic nitrogens is 3. The molecule has 3 heterocycles. The largest absolute Gasteiger partial charge is 0.445 e. The summed E-state index contributed by atoms with van der Waals surface area (Å²) in [7, 11) is 1.91. The number of alkyl carbamates (subject to hydrolysis) is 1. The van der Waals surface area contributed by atoms with Gasteiger partial charge in [-0.1, -0.05) is 122 Å². The van der Waals surface area contributed by atoms with Gasteiger partial charge < -0.3 is 29.2 Å². The van der Waals surface area contributed by atoms with Crippen LogP contribution in [0.4, 0.5) is 4.79 Å². The van der Waals surface area contributed by atoms with Crippen molar-refractivity contribution in [3.63, 3.8) is 0 Å². The van der Waals surface area contributed by atoms with Crippen molar-refractivity contribution in [2.45, 2.75) is 62.8 Å². The summed E-state index contributed by atoms with van der Waals surface area (Å²) in [6.07, 6.45) is -0.307. The summed E-state index contributed by atoms with van der Waals surface area (Å²) in [5.41, 5.74) is 6.02. The summed E-state index contributed by atoms with van der Waals surface area (Å²) in [6, 6.07) is 31.5. The van der Waals surface area contributed by atoms with Gasteiger partial charge in [-0.25, -0.2) is 4.79 Å². The Morgan fingerprint density at radius 2 is 1.65 bits per heavy atom. The van der Waals surface area contributed by atoms with Crippen molar-refractivity contribution in [2.75, 3.05) is 5.75 Å². The first-order valence-electron chi connectivity index (χ1n) is 17.7. The van der Waals surface area contributed by atoms with Crippen molar-refractivity contribution in [1.29, 1.82) is 0 Å². The van der Waals surface area contributed by atoms with Gasteiger partial charge in [-0.05, 0) is 33.4 Å². The number of aliphatic hydroxyl groups is 1. The summed E-state index contributed by atoms with van der Waals surface area (Å²) in [4.78, 5) is 40.0. The number of ether oxygens (including phenoxy) is 3. The monoisotopic (exact) mass is 747 g/mol. The number of nitrogens with zero attached hydrogens (tertiary/aromatic N) is 4. The Morgan fingerprint density at radius 3 is 2.37 bits per heavy atom. The maximum atomic E-state index is 13.3. The number of carbonyl (C=O) groups is 3. The lowest BCUT2D eigenvalue weighted by molar-refractivity contribution is -0.268. The third-order valence-electron chi connectivity index (χ3n) is 9.76. The molecule has 4 aromatic carbocycles. The van der Waals surface area contributed by atoms with Crippen LogP contribution >= 0.6 is 11.8 Å². The van der Waals surface area contributed by atoms with Crippen LogP contribution in [0.1, 0.15) is 53.6 Å². The summed E-state index contributed by atoms with van der Waals surface area (Å²) >= 11 is 1.58. The van der Waals surface area contributed by atoms with Gasteiger partial charge in [0.2, 0.25) is 5.91 Å². The minimum atomic E-state index is -0.996. The van der Waals surface area contributed by atoms with Crippen LogP contribution in [0.25, 0.3) is 11.1 Å². The van der Waals surface area contributed by atoms with Crippen molar-refractivity contribution in [3.05, 3.63) is 137 Å². The number of benzene rings is 4. The normalized spacial score (nSPS) is 21.3. The zero-order valence-corrected chi connectivity index (χ0v) is 30.7. The van der Waals surface area contributed by atoms with E-state index in [-0.39, 0.29) is 50.2 Å². The predicted molar refractivity (Wildman–Crippen MR) is 200 cm³/mol. The first-order valence-corrected chi connectivity index (χ1v) is 18.7. The van der Waals surface area contributed by atoms with Crippen LogP contribution in [0.15, 0.2) is 115 Å². The number of hydrogen-bond acceptors (Lipinski definition) is 10. The highest BCUT2D eigenvalue weighted by Gasteiger charge is 2.41. The molecule has 1 unspecified atom stereocenters. The fourth-order valence-corrected chi connectivity index (χ4v) is 7.72. The standard InChI is InChI=1S/C41H41N5O7S/c1-26-35(24-54-40-44-42-25-45(40)2)52-39(53-37(26)30-14-12-27(22-47)13-15-30)31-18-16-29(17-19-31)33-11-7-6-10-32(33)21-46-36(48)20-34(38(46)49)43-41(50)51-23-28-8-4-3-5-9-28/h3-19,25-26,34-35,37,39,47H,20-24H2,1-2H3,(H,43,50)/t26-,34?,35+,37+,39+/m1/s1. The summed E-state index contributed by atoms with van der Waals surface area (Å²) < 4.78 is 20.4. The third kappa shape index (κ3) is 8.39. The van der Waals surface area contributed by atoms with Gasteiger partial charge in [-0.2, -0.15) is 0 Å². The Morgan fingerprint density at radius 1 is 0.926 bits per heavy atom. The highest BCUT2D eigenvalue weighted by atomic mass is 32.2. The molecule has 5 atom stereocenters. The van der Waals surface area contributed by atoms with Crippen molar-refractivity contribution in [3.8, 4) is 11.1 Å². The van der Waals surface area contributed by atoms with Crippen molar-refractivity contribution >= 4 is 29.7 Å². The van der Waals surface area contributed by atoms with Crippen LogP contribution in [0, 0.1) is 5.92 Å². The van der Waals surface area contributed by atoms with Crippen LogP contribution in [0.5, 0.6) is 0 Å². The van der Waals surface area contributed by atoms with Crippen LogP contribution in [-0.2, 0) is 50.6 Å². The second kappa shape index (κ2) is 16.8. The number of carbonyl (C=O) groups excluding carboxylic acids is 3. The average Bonchev–Trinajstić information content (AvgIpc) is 3.73. The first-order chi connectivity index (χ1) is 26.3. The molecule has 54 heavy (non-hydrogen) atoms. The molecule has 2 aliphatic heterocycles. The maximum absolute atomic E-state index is 13.3. The molecule has 2 aliphatic rings. The topological polar surface area (TPSA) is 145 Å². The van der Waals surface area contributed by atoms with E-state index in [1.54, 1.807) is 18.1 Å². The minimum absolute atomic E-state index is 0.0128. The third-order valence-corrected chi connectivity index (χ3v) is 10.9. The fourth-order valence-electron chi connectivity index (χ4n) is 6.67. The highest BCUT2D eigenvalue weighted by Crippen LogP contribution is 2.43. The minimum Gasteiger partial charge on any atom is -0.445 e. The van der Waals surface area contributed by atoms with Crippen molar-refractivity contribution in [1.82, 2.24) is 25.0 Å². The zero-order valence-electron chi connectivity index (χ0n) is 29.9. The van der Waals surface area contributed by atoms with Crippen LogP contribution in [0.3, 0.4) is 0 Å². The number of nitrogens with one attached hydrogen (secondary N) is 1. The van der Waals surface area contributed by atoms with Gasteiger partial charge in [0.05, 0.1) is 31.8 Å². The van der Waals surface area contributed by atoms with Gasteiger partial charge in [-0.15, -0.1) is 10.2 Å². The van der Waals surface area contributed by atoms with Crippen LogP contribution in [-0.4, -0.2) is 60.6 Å². The van der Waals surface area contributed by atoms with Gasteiger partial charge in [-0.3, -0.25) is 14.5 Å². The Kier molecular flexibility index (Phi) is 11.5. The number of likely N-dealkylation sites (tertiary alicyclic amines) is 1. The molecule has 1 aromatic heterocycles. The molecule has 2 fully saturated rings.